The van der Waals surface area contributed by atoms with E-state index in [1.165, 1.54) is 11.9 Å². The molecule has 2 aromatic rings. The molecule has 0 aromatic heterocycles. The summed E-state index contributed by atoms with van der Waals surface area (Å²) in [5.74, 6) is 0.789. The summed E-state index contributed by atoms with van der Waals surface area (Å²) in [5.41, 5.74) is 4.22. The fourth-order valence-electron chi connectivity index (χ4n) is 2.47. The summed E-state index contributed by atoms with van der Waals surface area (Å²) in [6.45, 7) is 2.98. The zero-order chi connectivity index (χ0) is 17.5. The van der Waals surface area contributed by atoms with E-state index in [1.54, 1.807) is 5.41 Å². The Morgan fingerprint density at radius 3 is 2.80 bits per heavy atom. The highest BCUT2D eigenvalue weighted by atomic mass is 32.2. The van der Waals surface area contributed by atoms with E-state index in [4.69, 9.17) is 4.74 Å². The number of hydrogen-bond acceptors (Lipinski definition) is 6. The lowest BCUT2D eigenvalue weighted by atomic mass is 10.0. The molecule has 6 heteroatoms. The zero-order valence-electron chi connectivity index (χ0n) is 13.9. The number of aldehydes is 1. The largest absolute Gasteiger partial charge is 0.494 e. The second-order valence-electron chi connectivity index (χ2n) is 5.27. The highest BCUT2D eigenvalue weighted by Gasteiger charge is 2.14. The molecule has 0 aliphatic carbocycles. The Kier molecular flexibility index (Phi) is 5.74. The Balaban J connectivity index is 2.09. The fraction of sp³-hybridized carbons (Fsp3) is 0.158. The molecule has 0 saturated carbocycles. The molecule has 2 aromatic carbocycles. The van der Waals surface area contributed by atoms with Gasteiger partial charge in [-0.1, -0.05) is 30.3 Å². The standard InChI is InChI=1S/C19H19N3O2S/c1-2-24-16-8-9-17-18(10-16)21-13-20-15(11-23)12-25-22-19(17)14-6-4-3-5-7-14/h3-12,20-21H,2,13H2,1H3/b15-12-,22-19-. The number of nitrogens with one attached hydrogen (secondary N) is 2. The molecule has 0 unspecified atom stereocenters. The van der Waals surface area contributed by atoms with Crippen molar-refractivity contribution >= 4 is 29.6 Å². The summed E-state index contributed by atoms with van der Waals surface area (Å²) in [7, 11) is 0. The van der Waals surface area contributed by atoms with Gasteiger partial charge in [-0.25, -0.2) is 4.40 Å². The van der Waals surface area contributed by atoms with Gasteiger partial charge in [-0.2, -0.15) is 0 Å². The number of fused-ring (bicyclic) bond motifs is 1. The Morgan fingerprint density at radius 1 is 1.20 bits per heavy atom. The maximum absolute atomic E-state index is 11.1. The molecule has 2 N–H and O–H groups in total. The van der Waals surface area contributed by atoms with Crippen LogP contribution in [-0.4, -0.2) is 25.3 Å². The fourth-order valence-corrected chi connectivity index (χ4v) is 3.09. The first-order valence-electron chi connectivity index (χ1n) is 8.01. The van der Waals surface area contributed by atoms with Gasteiger partial charge >= 0.3 is 0 Å². The predicted octanol–water partition coefficient (Wildman–Crippen LogP) is 3.58. The van der Waals surface area contributed by atoms with E-state index in [1.807, 2.05) is 55.5 Å². The molecule has 0 fully saturated rings. The van der Waals surface area contributed by atoms with Gasteiger partial charge in [0, 0.05) is 40.2 Å². The summed E-state index contributed by atoms with van der Waals surface area (Å²) >= 11 is 1.24. The van der Waals surface area contributed by atoms with Gasteiger partial charge in [-0.15, -0.1) is 0 Å². The van der Waals surface area contributed by atoms with Crippen LogP contribution >= 0.6 is 11.9 Å². The van der Waals surface area contributed by atoms with Crippen molar-refractivity contribution < 1.29 is 9.53 Å². The van der Waals surface area contributed by atoms with E-state index >= 15 is 0 Å². The number of carbonyl (C=O) groups excluding carboxylic acids is 1. The van der Waals surface area contributed by atoms with Crippen LogP contribution in [0.25, 0.3) is 0 Å². The average Bonchev–Trinajstić information content (AvgIpc) is 2.66. The van der Waals surface area contributed by atoms with Gasteiger partial charge in [-0.05, 0) is 19.1 Å². The molecule has 0 bridgehead atoms. The van der Waals surface area contributed by atoms with E-state index in [0.29, 0.717) is 19.0 Å². The average molecular weight is 353 g/mol. The van der Waals surface area contributed by atoms with Crippen molar-refractivity contribution in [3.8, 4) is 5.75 Å². The molecule has 128 valence electrons. The molecule has 1 aliphatic rings. The van der Waals surface area contributed by atoms with Crippen LogP contribution in [0.2, 0.25) is 0 Å². The first-order valence-corrected chi connectivity index (χ1v) is 8.85. The second-order valence-corrected chi connectivity index (χ2v) is 5.90. The molecule has 0 amide bonds. The molecule has 0 radical (unpaired) electrons. The van der Waals surface area contributed by atoms with Gasteiger partial charge in [0.2, 0.25) is 0 Å². The van der Waals surface area contributed by atoms with Gasteiger partial charge in [0.15, 0.2) is 6.29 Å². The smallest absolute Gasteiger partial charge is 0.166 e. The van der Waals surface area contributed by atoms with E-state index < -0.39 is 0 Å². The number of nitrogens with zero attached hydrogens (tertiary/aromatic N) is 1. The Morgan fingerprint density at radius 2 is 2.04 bits per heavy atom. The van der Waals surface area contributed by atoms with E-state index in [2.05, 4.69) is 15.0 Å². The maximum atomic E-state index is 11.1. The molecule has 1 heterocycles. The normalized spacial score (nSPS) is 18.3. The molecule has 0 spiro atoms. The van der Waals surface area contributed by atoms with Gasteiger partial charge in [0.05, 0.1) is 24.7 Å². The third-order valence-electron chi connectivity index (χ3n) is 3.63. The Hall–Kier alpha value is -2.73. The van der Waals surface area contributed by atoms with Gasteiger partial charge in [0.1, 0.15) is 5.75 Å². The molecule has 25 heavy (non-hydrogen) atoms. The number of allylic oxidation sites excluding steroid dienone is 1. The molecule has 0 atom stereocenters. The SMILES string of the molecule is CCOc1ccc2c(c1)NCN/C(C=O)=C\S/N=C\2c1ccccc1. The van der Waals surface area contributed by atoms with Crippen molar-refractivity contribution in [1.82, 2.24) is 5.32 Å². The second kappa shape index (κ2) is 8.39. The Bertz CT molecular complexity index is 804. The highest BCUT2D eigenvalue weighted by Crippen LogP contribution is 2.27. The third-order valence-corrected chi connectivity index (χ3v) is 4.27. The van der Waals surface area contributed by atoms with Crippen LogP contribution in [0.4, 0.5) is 5.69 Å². The first kappa shape index (κ1) is 17.1. The quantitative estimate of drug-likeness (QED) is 0.650. The highest BCUT2D eigenvalue weighted by molar-refractivity contribution is 8.01. The monoisotopic (exact) mass is 353 g/mol. The minimum absolute atomic E-state index is 0.426. The summed E-state index contributed by atoms with van der Waals surface area (Å²) in [4.78, 5) is 11.1. The number of ether oxygens (including phenoxy) is 1. The van der Waals surface area contributed by atoms with Crippen molar-refractivity contribution in [2.24, 2.45) is 4.40 Å². The van der Waals surface area contributed by atoms with Crippen LogP contribution in [-0.2, 0) is 4.79 Å². The number of benzene rings is 2. The van der Waals surface area contributed by atoms with E-state index in [0.717, 1.165) is 34.6 Å². The van der Waals surface area contributed by atoms with Crippen molar-refractivity contribution in [3.63, 3.8) is 0 Å². The van der Waals surface area contributed by atoms with Crippen LogP contribution in [0.3, 0.4) is 0 Å². The summed E-state index contributed by atoms with van der Waals surface area (Å²) < 4.78 is 10.3. The molecular weight excluding hydrogens is 334 g/mol. The number of anilines is 1. The van der Waals surface area contributed by atoms with Gasteiger partial charge in [0.25, 0.3) is 0 Å². The minimum atomic E-state index is 0.426. The van der Waals surface area contributed by atoms with Crippen molar-refractivity contribution in [1.29, 1.82) is 0 Å². The lowest BCUT2D eigenvalue weighted by Crippen LogP contribution is -2.23. The molecule has 5 nitrogen and oxygen atoms in total. The lowest BCUT2D eigenvalue weighted by molar-refractivity contribution is -0.105. The van der Waals surface area contributed by atoms with Crippen LogP contribution in [0, 0.1) is 0 Å². The van der Waals surface area contributed by atoms with Crippen LogP contribution in [0.15, 0.2) is 64.0 Å². The summed E-state index contributed by atoms with van der Waals surface area (Å²) in [6.07, 6.45) is 0.783. The predicted molar refractivity (Wildman–Crippen MR) is 103 cm³/mol. The summed E-state index contributed by atoms with van der Waals surface area (Å²) in [5, 5.41) is 8.06. The molecule has 0 saturated heterocycles. The number of rotatable bonds is 4. The molecular formula is C19H19N3O2S. The number of carbonyl (C=O) groups is 1. The van der Waals surface area contributed by atoms with Gasteiger partial charge < -0.3 is 15.4 Å². The maximum Gasteiger partial charge on any atom is 0.166 e. The van der Waals surface area contributed by atoms with E-state index in [-0.39, 0.29) is 0 Å². The van der Waals surface area contributed by atoms with Crippen LogP contribution in [0.5, 0.6) is 5.75 Å². The van der Waals surface area contributed by atoms with Crippen molar-refractivity contribution in [2.75, 3.05) is 18.6 Å². The van der Waals surface area contributed by atoms with Crippen LogP contribution in [0.1, 0.15) is 18.1 Å². The van der Waals surface area contributed by atoms with Crippen molar-refractivity contribution in [3.05, 3.63) is 70.8 Å². The minimum Gasteiger partial charge on any atom is -0.494 e. The lowest BCUT2D eigenvalue weighted by Gasteiger charge is -2.17. The first-order chi connectivity index (χ1) is 12.3. The molecule has 3 rings (SSSR count). The number of hydrogen-bond donors (Lipinski definition) is 2. The van der Waals surface area contributed by atoms with Crippen molar-refractivity contribution in [2.45, 2.75) is 6.92 Å². The topological polar surface area (TPSA) is 62.7 Å². The Labute approximate surface area is 151 Å². The molecule has 1 aliphatic heterocycles. The third kappa shape index (κ3) is 4.22. The summed E-state index contributed by atoms with van der Waals surface area (Å²) in [6, 6.07) is 15.9. The van der Waals surface area contributed by atoms with Gasteiger partial charge in [-0.3, -0.25) is 4.79 Å². The van der Waals surface area contributed by atoms with Crippen LogP contribution < -0.4 is 15.4 Å². The zero-order valence-corrected chi connectivity index (χ0v) is 14.7. The van der Waals surface area contributed by atoms with E-state index in [9.17, 15) is 4.79 Å².